The Morgan fingerprint density at radius 1 is 1.14 bits per heavy atom. The number of aryl methyl sites for hydroxylation is 2. The molecule has 21 heavy (non-hydrogen) atoms. The van der Waals surface area contributed by atoms with E-state index in [4.69, 9.17) is 0 Å². The normalized spacial score (nSPS) is 10.3. The first-order valence-corrected chi connectivity index (χ1v) is 6.70. The van der Waals surface area contributed by atoms with Crippen LogP contribution in [0.2, 0.25) is 0 Å². The van der Waals surface area contributed by atoms with Crippen LogP contribution in [0.25, 0.3) is 0 Å². The average molecular weight is 285 g/mol. The molecule has 0 unspecified atom stereocenters. The minimum Gasteiger partial charge on any atom is -0.388 e. The Labute approximate surface area is 124 Å². The van der Waals surface area contributed by atoms with E-state index in [2.05, 4.69) is 11.4 Å². The van der Waals surface area contributed by atoms with Gasteiger partial charge in [-0.25, -0.2) is 0 Å². The smallest absolute Gasteiger partial charge is 0.273 e. The summed E-state index contributed by atoms with van der Waals surface area (Å²) in [6, 6.07) is 11.2. The second-order valence-corrected chi connectivity index (χ2v) is 5.09. The summed E-state index contributed by atoms with van der Waals surface area (Å²) in [5, 5.41) is 14.0. The molecule has 0 radical (unpaired) electrons. The van der Waals surface area contributed by atoms with Gasteiger partial charge < -0.3 is 10.2 Å². The highest BCUT2D eigenvalue weighted by molar-refractivity contribution is 5.72. The van der Waals surface area contributed by atoms with Crippen LogP contribution in [0.1, 0.15) is 11.1 Å². The zero-order valence-electron chi connectivity index (χ0n) is 12.7. The molecule has 5 nitrogen and oxygen atoms in total. The number of nitro benzene ring substituents is 1. The third-order valence-electron chi connectivity index (χ3n) is 3.50. The predicted octanol–water partition coefficient (Wildman–Crippen LogP) is 4.02. The van der Waals surface area contributed by atoms with Crippen molar-refractivity contribution in [2.75, 3.05) is 24.3 Å². The van der Waals surface area contributed by atoms with Crippen LogP contribution in [-0.4, -0.2) is 19.0 Å². The van der Waals surface area contributed by atoms with Crippen molar-refractivity contribution < 1.29 is 4.92 Å². The van der Waals surface area contributed by atoms with Gasteiger partial charge in [-0.2, -0.15) is 0 Å². The Morgan fingerprint density at radius 3 is 2.43 bits per heavy atom. The molecule has 0 saturated carbocycles. The van der Waals surface area contributed by atoms with Crippen LogP contribution in [0, 0.1) is 24.0 Å². The molecule has 2 aromatic carbocycles. The fourth-order valence-electron chi connectivity index (χ4n) is 2.36. The van der Waals surface area contributed by atoms with Crippen LogP contribution in [-0.2, 0) is 0 Å². The van der Waals surface area contributed by atoms with Crippen LogP contribution in [0.15, 0.2) is 36.4 Å². The topological polar surface area (TPSA) is 58.4 Å². The zero-order chi connectivity index (χ0) is 15.6. The molecule has 0 bridgehead atoms. The van der Waals surface area contributed by atoms with Crippen LogP contribution >= 0.6 is 0 Å². The molecule has 2 rings (SSSR count). The number of hydrogen-bond acceptors (Lipinski definition) is 4. The molecule has 0 aromatic heterocycles. The van der Waals surface area contributed by atoms with Crippen molar-refractivity contribution >= 4 is 22.7 Å². The second kappa shape index (κ2) is 5.83. The number of nitrogens with zero attached hydrogens (tertiary/aromatic N) is 2. The fourth-order valence-corrected chi connectivity index (χ4v) is 2.36. The number of benzene rings is 2. The maximum Gasteiger partial charge on any atom is 0.273 e. The van der Waals surface area contributed by atoms with Gasteiger partial charge in [0.25, 0.3) is 5.69 Å². The molecule has 110 valence electrons. The molecule has 0 aliphatic rings. The number of hydrogen-bond donors (Lipinski definition) is 1. The van der Waals surface area contributed by atoms with E-state index in [0.29, 0.717) is 0 Å². The Kier molecular flexibility index (Phi) is 4.12. The third kappa shape index (κ3) is 3.13. The quantitative estimate of drug-likeness (QED) is 0.681. The van der Waals surface area contributed by atoms with Gasteiger partial charge in [-0.3, -0.25) is 10.1 Å². The van der Waals surface area contributed by atoms with Gasteiger partial charge in [0.05, 0.1) is 4.92 Å². The van der Waals surface area contributed by atoms with Crippen molar-refractivity contribution in [3.63, 3.8) is 0 Å². The molecule has 0 aliphatic carbocycles. The lowest BCUT2D eigenvalue weighted by Gasteiger charge is -2.22. The summed E-state index contributed by atoms with van der Waals surface area (Å²) in [7, 11) is 3.66. The molecule has 2 aromatic rings. The molecular formula is C16H19N3O2. The van der Waals surface area contributed by atoms with Gasteiger partial charge in [-0.05, 0) is 31.5 Å². The van der Waals surface area contributed by atoms with Gasteiger partial charge in [0.2, 0.25) is 0 Å². The molecule has 0 saturated heterocycles. The summed E-state index contributed by atoms with van der Waals surface area (Å²) in [6.45, 7) is 4.08. The molecule has 0 fully saturated rings. The van der Waals surface area contributed by atoms with E-state index in [9.17, 15) is 10.1 Å². The summed E-state index contributed by atoms with van der Waals surface area (Å²) in [6.07, 6.45) is 0. The largest absolute Gasteiger partial charge is 0.388 e. The van der Waals surface area contributed by atoms with E-state index in [1.165, 1.54) is 11.6 Å². The van der Waals surface area contributed by atoms with E-state index < -0.39 is 0 Å². The highest BCUT2D eigenvalue weighted by Gasteiger charge is 2.14. The van der Waals surface area contributed by atoms with Crippen LogP contribution in [0.4, 0.5) is 22.7 Å². The van der Waals surface area contributed by atoms with Crippen molar-refractivity contribution in [1.82, 2.24) is 0 Å². The van der Waals surface area contributed by atoms with Gasteiger partial charge in [-0.15, -0.1) is 0 Å². The average Bonchev–Trinajstić information content (AvgIpc) is 2.46. The van der Waals surface area contributed by atoms with Crippen molar-refractivity contribution in [2.24, 2.45) is 0 Å². The number of non-ortho nitro benzene ring substituents is 1. The van der Waals surface area contributed by atoms with Crippen LogP contribution in [0.3, 0.4) is 0 Å². The first-order chi connectivity index (χ1) is 9.92. The molecule has 1 N–H and O–H groups in total. The number of rotatable bonds is 4. The van der Waals surface area contributed by atoms with Crippen LogP contribution in [0.5, 0.6) is 0 Å². The van der Waals surface area contributed by atoms with Gasteiger partial charge in [-0.1, -0.05) is 17.7 Å². The van der Waals surface area contributed by atoms with Crippen molar-refractivity contribution in [3.8, 4) is 0 Å². The van der Waals surface area contributed by atoms with Gasteiger partial charge >= 0.3 is 0 Å². The lowest BCUT2D eigenvalue weighted by atomic mass is 10.1. The molecule has 0 amide bonds. The van der Waals surface area contributed by atoms with E-state index >= 15 is 0 Å². The lowest BCUT2D eigenvalue weighted by Crippen LogP contribution is -2.11. The lowest BCUT2D eigenvalue weighted by molar-refractivity contribution is -0.384. The maximum absolute atomic E-state index is 11.1. The van der Waals surface area contributed by atoms with Gasteiger partial charge in [0, 0.05) is 43.3 Å². The van der Waals surface area contributed by atoms with Gasteiger partial charge in [0.15, 0.2) is 0 Å². The SMILES string of the molecule is CNc1cc(N(C)c2ccc(C)cc2C)cc([N+](=O)[O-])c1. The van der Waals surface area contributed by atoms with E-state index in [-0.39, 0.29) is 10.6 Å². The standard InChI is InChI=1S/C16H19N3O2/c1-11-5-6-16(12(2)7-11)18(4)14-8-13(17-3)9-15(10-14)19(20)21/h5-10,17H,1-4H3. The Morgan fingerprint density at radius 2 is 1.86 bits per heavy atom. The summed E-state index contributed by atoms with van der Waals surface area (Å²) in [5.41, 5.74) is 4.93. The minimum absolute atomic E-state index is 0.0773. The van der Waals surface area contributed by atoms with Crippen LogP contribution < -0.4 is 10.2 Å². The molecule has 0 aliphatic heterocycles. The zero-order valence-corrected chi connectivity index (χ0v) is 12.7. The Bertz CT molecular complexity index is 683. The molecule has 0 spiro atoms. The summed E-state index contributed by atoms with van der Waals surface area (Å²) < 4.78 is 0. The molecule has 0 atom stereocenters. The summed E-state index contributed by atoms with van der Waals surface area (Å²) in [4.78, 5) is 12.6. The molecule has 0 heterocycles. The van der Waals surface area contributed by atoms with Crippen molar-refractivity contribution in [3.05, 3.63) is 57.6 Å². The fraction of sp³-hybridized carbons (Fsp3) is 0.250. The predicted molar refractivity (Wildman–Crippen MR) is 86.6 cm³/mol. The van der Waals surface area contributed by atoms with Gasteiger partial charge in [0.1, 0.15) is 0 Å². The summed E-state index contributed by atoms with van der Waals surface area (Å²) >= 11 is 0. The Hall–Kier alpha value is -2.56. The number of nitro groups is 1. The molecule has 5 heteroatoms. The van der Waals surface area contributed by atoms with E-state index in [1.54, 1.807) is 13.1 Å². The minimum atomic E-state index is -0.375. The van der Waals surface area contributed by atoms with Crippen molar-refractivity contribution in [2.45, 2.75) is 13.8 Å². The number of nitrogens with one attached hydrogen (secondary N) is 1. The van der Waals surface area contributed by atoms with E-state index in [0.717, 1.165) is 22.6 Å². The monoisotopic (exact) mass is 285 g/mol. The highest BCUT2D eigenvalue weighted by atomic mass is 16.6. The Balaban J connectivity index is 2.49. The molecular weight excluding hydrogens is 266 g/mol. The number of anilines is 3. The highest BCUT2D eigenvalue weighted by Crippen LogP contribution is 2.32. The summed E-state index contributed by atoms with van der Waals surface area (Å²) in [5.74, 6) is 0. The first kappa shape index (κ1) is 14.8. The first-order valence-electron chi connectivity index (χ1n) is 6.70. The maximum atomic E-state index is 11.1. The second-order valence-electron chi connectivity index (χ2n) is 5.09. The van der Waals surface area contributed by atoms with Crippen molar-refractivity contribution in [1.29, 1.82) is 0 Å². The van der Waals surface area contributed by atoms with E-state index in [1.807, 2.05) is 44.0 Å². The third-order valence-corrected chi connectivity index (χ3v) is 3.50.